The van der Waals surface area contributed by atoms with Gasteiger partial charge >= 0.3 is 0 Å². The van der Waals surface area contributed by atoms with Gasteiger partial charge in [0.15, 0.2) is 0 Å². The highest BCUT2D eigenvalue weighted by atomic mass is 14.9. The molecule has 1 aromatic heterocycles. The zero-order valence-corrected chi connectivity index (χ0v) is 12.3. The quantitative estimate of drug-likeness (QED) is 0.843. The van der Waals surface area contributed by atoms with Gasteiger partial charge in [0, 0.05) is 23.3 Å². The summed E-state index contributed by atoms with van der Waals surface area (Å²) >= 11 is 0. The van der Waals surface area contributed by atoms with Crippen molar-refractivity contribution in [3.63, 3.8) is 0 Å². The molecule has 2 heteroatoms. The van der Waals surface area contributed by atoms with Gasteiger partial charge in [0.05, 0.1) is 5.52 Å². The van der Waals surface area contributed by atoms with Gasteiger partial charge in [-0.15, -0.1) is 0 Å². The summed E-state index contributed by atoms with van der Waals surface area (Å²) in [5.41, 5.74) is 2.33. The van der Waals surface area contributed by atoms with Gasteiger partial charge in [-0.2, -0.15) is 0 Å². The number of hydrogen-bond acceptors (Lipinski definition) is 2. The third-order valence-electron chi connectivity index (χ3n) is 4.55. The Kier molecular flexibility index (Phi) is 4.19. The molecule has 1 N–H and O–H groups in total. The lowest BCUT2D eigenvalue weighted by molar-refractivity contribution is 0.319. The second-order valence-corrected chi connectivity index (χ2v) is 6.03. The van der Waals surface area contributed by atoms with E-state index in [9.17, 15) is 0 Å². The van der Waals surface area contributed by atoms with Crippen LogP contribution in [-0.2, 0) is 0 Å². The Morgan fingerprint density at radius 1 is 1.10 bits per heavy atom. The maximum atomic E-state index is 4.43. The SMILES string of the molecule is CCCC1CCC(Nc2ccnc3ccccc23)CC1. The minimum Gasteiger partial charge on any atom is -0.382 e. The highest BCUT2D eigenvalue weighted by Crippen LogP contribution is 2.31. The molecule has 1 aliphatic rings. The normalized spacial score (nSPS) is 22.9. The van der Waals surface area contributed by atoms with Gasteiger partial charge < -0.3 is 5.32 Å². The molecule has 0 aliphatic heterocycles. The zero-order valence-electron chi connectivity index (χ0n) is 12.3. The van der Waals surface area contributed by atoms with E-state index in [-0.39, 0.29) is 0 Å². The summed E-state index contributed by atoms with van der Waals surface area (Å²) < 4.78 is 0. The van der Waals surface area contributed by atoms with Gasteiger partial charge in [0.2, 0.25) is 0 Å². The molecule has 0 unspecified atom stereocenters. The van der Waals surface area contributed by atoms with Crippen molar-refractivity contribution in [3.8, 4) is 0 Å². The Morgan fingerprint density at radius 2 is 1.90 bits per heavy atom. The lowest BCUT2D eigenvalue weighted by atomic mass is 9.83. The van der Waals surface area contributed by atoms with Crippen LogP contribution in [0, 0.1) is 5.92 Å². The minimum absolute atomic E-state index is 0.633. The summed E-state index contributed by atoms with van der Waals surface area (Å²) in [5.74, 6) is 0.965. The summed E-state index contributed by atoms with van der Waals surface area (Å²) in [6.45, 7) is 2.30. The molecule has 0 bridgehead atoms. The van der Waals surface area contributed by atoms with Gasteiger partial charge in [0.25, 0.3) is 0 Å². The van der Waals surface area contributed by atoms with Crippen LogP contribution in [0.3, 0.4) is 0 Å². The number of pyridine rings is 1. The number of rotatable bonds is 4. The summed E-state index contributed by atoms with van der Waals surface area (Å²) in [6, 6.07) is 11.1. The Morgan fingerprint density at radius 3 is 2.70 bits per heavy atom. The monoisotopic (exact) mass is 268 g/mol. The fourth-order valence-corrected chi connectivity index (χ4v) is 3.45. The van der Waals surface area contributed by atoms with E-state index in [1.54, 1.807) is 0 Å². The molecule has 0 saturated heterocycles. The molecule has 20 heavy (non-hydrogen) atoms. The molecule has 0 amide bonds. The van der Waals surface area contributed by atoms with Gasteiger partial charge in [-0.1, -0.05) is 38.0 Å². The number of hydrogen-bond donors (Lipinski definition) is 1. The predicted octanol–water partition coefficient (Wildman–Crippen LogP) is 5.01. The Labute approximate surface area is 121 Å². The van der Waals surface area contributed by atoms with Gasteiger partial charge in [-0.05, 0) is 43.7 Å². The van der Waals surface area contributed by atoms with Crippen LogP contribution in [0.4, 0.5) is 5.69 Å². The number of fused-ring (bicyclic) bond motifs is 1. The maximum absolute atomic E-state index is 4.43. The van der Waals surface area contributed by atoms with E-state index in [1.807, 2.05) is 6.20 Å². The minimum atomic E-state index is 0.633. The summed E-state index contributed by atoms with van der Waals surface area (Å²) in [4.78, 5) is 4.43. The second kappa shape index (κ2) is 6.25. The summed E-state index contributed by atoms with van der Waals surface area (Å²) in [6.07, 6.45) is 10.0. The molecule has 1 aliphatic carbocycles. The van der Waals surface area contributed by atoms with E-state index in [0.717, 1.165) is 11.4 Å². The highest BCUT2D eigenvalue weighted by molar-refractivity contribution is 5.90. The molecule has 1 fully saturated rings. The Bertz CT molecular complexity index is 551. The fraction of sp³-hybridized carbons (Fsp3) is 0.500. The van der Waals surface area contributed by atoms with E-state index in [0.29, 0.717) is 6.04 Å². The average molecular weight is 268 g/mol. The van der Waals surface area contributed by atoms with E-state index >= 15 is 0 Å². The number of anilines is 1. The predicted molar refractivity (Wildman–Crippen MR) is 86.0 cm³/mol. The zero-order chi connectivity index (χ0) is 13.8. The van der Waals surface area contributed by atoms with Crippen LogP contribution in [0.15, 0.2) is 36.5 Å². The van der Waals surface area contributed by atoms with Crippen molar-refractivity contribution >= 4 is 16.6 Å². The van der Waals surface area contributed by atoms with E-state index in [2.05, 4.69) is 47.6 Å². The van der Waals surface area contributed by atoms with Crippen LogP contribution in [0.2, 0.25) is 0 Å². The molecular weight excluding hydrogens is 244 g/mol. The molecule has 2 aromatic rings. The molecule has 1 saturated carbocycles. The van der Waals surface area contributed by atoms with Crippen LogP contribution in [0.25, 0.3) is 10.9 Å². The highest BCUT2D eigenvalue weighted by Gasteiger charge is 2.20. The van der Waals surface area contributed by atoms with Gasteiger partial charge in [-0.25, -0.2) is 0 Å². The molecule has 106 valence electrons. The standard InChI is InChI=1S/C18H24N2/c1-2-5-14-8-10-15(11-9-14)20-18-12-13-19-17-7-4-3-6-16(17)18/h3-4,6-7,12-15H,2,5,8-11H2,1H3,(H,19,20). The molecule has 1 heterocycles. The van der Waals surface area contributed by atoms with Crippen molar-refractivity contribution in [2.45, 2.75) is 51.5 Å². The molecule has 2 nitrogen and oxygen atoms in total. The van der Waals surface area contributed by atoms with Crippen LogP contribution < -0.4 is 5.32 Å². The van der Waals surface area contributed by atoms with Crippen molar-refractivity contribution in [2.24, 2.45) is 5.92 Å². The third-order valence-corrected chi connectivity index (χ3v) is 4.55. The number of nitrogens with zero attached hydrogens (tertiary/aromatic N) is 1. The molecule has 1 aromatic carbocycles. The van der Waals surface area contributed by atoms with Crippen LogP contribution in [0.5, 0.6) is 0 Å². The first kappa shape index (κ1) is 13.4. The first-order valence-corrected chi connectivity index (χ1v) is 7.97. The first-order valence-electron chi connectivity index (χ1n) is 7.97. The molecule has 0 radical (unpaired) electrons. The number of nitrogens with one attached hydrogen (secondary N) is 1. The molecule has 3 rings (SSSR count). The largest absolute Gasteiger partial charge is 0.382 e. The van der Waals surface area contributed by atoms with Crippen molar-refractivity contribution in [2.75, 3.05) is 5.32 Å². The molecular formula is C18H24N2. The average Bonchev–Trinajstić information content (AvgIpc) is 2.50. The second-order valence-electron chi connectivity index (χ2n) is 6.03. The number of benzene rings is 1. The van der Waals surface area contributed by atoms with Crippen LogP contribution >= 0.6 is 0 Å². The Balaban J connectivity index is 1.68. The lowest BCUT2D eigenvalue weighted by Gasteiger charge is -2.30. The van der Waals surface area contributed by atoms with Crippen molar-refractivity contribution < 1.29 is 0 Å². The van der Waals surface area contributed by atoms with Crippen molar-refractivity contribution in [1.29, 1.82) is 0 Å². The van der Waals surface area contributed by atoms with Crippen LogP contribution in [0.1, 0.15) is 45.4 Å². The third kappa shape index (κ3) is 2.95. The van der Waals surface area contributed by atoms with E-state index in [4.69, 9.17) is 0 Å². The van der Waals surface area contributed by atoms with Gasteiger partial charge in [0.1, 0.15) is 0 Å². The van der Waals surface area contributed by atoms with Crippen molar-refractivity contribution in [1.82, 2.24) is 4.98 Å². The summed E-state index contributed by atoms with van der Waals surface area (Å²) in [5, 5.41) is 4.99. The smallest absolute Gasteiger partial charge is 0.0722 e. The van der Waals surface area contributed by atoms with E-state index in [1.165, 1.54) is 49.6 Å². The maximum Gasteiger partial charge on any atom is 0.0722 e. The van der Waals surface area contributed by atoms with Crippen molar-refractivity contribution in [3.05, 3.63) is 36.5 Å². The topological polar surface area (TPSA) is 24.9 Å². The van der Waals surface area contributed by atoms with E-state index < -0.39 is 0 Å². The number of aromatic nitrogens is 1. The van der Waals surface area contributed by atoms with Crippen LogP contribution in [-0.4, -0.2) is 11.0 Å². The number of para-hydroxylation sites is 1. The first-order chi connectivity index (χ1) is 9.86. The fourth-order valence-electron chi connectivity index (χ4n) is 3.45. The summed E-state index contributed by atoms with van der Waals surface area (Å²) in [7, 11) is 0. The lowest BCUT2D eigenvalue weighted by Crippen LogP contribution is -2.26. The Hall–Kier alpha value is -1.57. The molecule has 0 spiro atoms. The molecule has 0 atom stereocenters. The van der Waals surface area contributed by atoms with Gasteiger partial charge in [-0.3, -0.25) is 4.98 Å².